The number of anilines is 3. The maximum atomic E-state index is 2.39. The number of thiophene rings is 1. The van der Waals surface area contributed by atoms with Crippen LogP contribution < -0.4 is 4.90 Å². The van der Waals surface area contributed by atoms with Gasteiger partial charge in [0.2, 0.25) is 0 Å². The highest BCUT2D eigenvalue weighted by molar-refractivity contribution is 7.26. The number of hydrogen-bond donors (Lipinski definition) is 0. The summed E-state index contributed by atoms with van der Waals surface area (Å²) in [5.74, 6) is 0. The second-order valence-electron chi connectivity index (χ2n) is 12.2. The van der Waals surface area contributed by atoms with E-state index < -0.39 is 0 Å². The van der Waals surface area contributed by atoms with Crippen molar-refractivity contribution < 1.29 is 0 Å². The first kappa shape index (κ1) is 28.3. The summed E-state index contributed by atoms with van der Waals surface area (Å²) in [6.07, 6.45) is 0. The predicted molar refractivity (Wildman–Crippen MR) is 208 cm³/mol. The molecular weight excluding hydrogens is 599 g/mol. The molecule has 0 N–H and O–H groups in total. The third kappa shape index (κ3) is 5.04. The second-order valence-corrected chi connectivity index (χ2v) is 13.2. The van der Waals surface area contributed by atoms with Gasteiger partial charge in [-0.2, -0.15) is 0 Å². The minimum atomic E-state index is 1.11. The summed E-state index contributed by atoms with van der Waals surface area (Å²) in [5.41, 5.74) is 10.7. The Balaban J connectivity index is 1.20. The molecule has 0 fully saturated rings. The van der Waals surface area contributed by atoms with Crippen LogP contribution in [0.1, 0.15) is 0 Å². The van der Waals surface area contributed by atoms with E-state index >= 15 is 0 Å². The Kier molecular flexibility index (Phi) is 7.07. The Morgan fingerprint density at radius 2 is 0.875 bits per heavy atom. The predicted octanol–water partition coefficient (Wildman–Crippen LogP) is 13.7. The molecule has 2 heteroatoms. The lowest BCUT2D eigenvalue weighted by Gasteiger charge is -2.27. The summed E-state index contributed by atoms with van der Waals surface area (Å²) in [7, 11) is 0. The van der Waals surface area contributed by atoms with Gasteiger partial charge < -0.3 is 4.90 Å². The molecule has 9 rings (SSSR count). The Morgan fingerprint density at radius 3 is 1.67 bits per heavy atom. The van der Waals surface area contributed by atoms with E-state index in [0.29, 0.717) is 0 Å². The third-order valence-corrected chi connectivity index (χ3v) is 10.5. The maximum absolute atomic E-state index is 2.39. The fourth-order valence-electron chi connectivity index (χ4n) is 6.96. The molecule has 9 aromatic rings. The van der Waals surface area contributed by atoms with Crippen LogP contribution in [0.15, 0.2) is 188 Å². The summed E-state index contributed by atoms with van der Waals surface area (Å²) >= 11 is 1.88. The first-order chi connectivity index (χ1) is 23.8. The zero-order valence-electron chi connectivity index (χ0n) is 26.3. The molecular formula is C46H31NS. The molecule has 0 aliphatic heterocycles. The van der Waals surface area contributed by atoms with Gasteiger partial charge in [0.1, 0.15) is 0 Å². The summed E-state index contributed by atoms with van der Waals surface area (Å²) in [6, 6.07) is 68.1. The van der Waals surface area contributed by atoms with Crippen LogP contribution >= 0.6 is 11.3 Å². The molecule has 1 heterocycles. The molecule has 0 bridgehead atoms. The van der Waals surface area contributed by atoms with E-state index in [1.54, 1.807) is 0 Å². The quantitative estimate of drug-likeness (QED) is 0.177. The fourth-order valence-corrected chi connectivity index (χ4v) is 8.20. The molecule has 0 aliphatic carbocycles. The summed E-state index contributed by atoms with van der Waals surface area (Å²) in [4.78, 5) is 2.39. The number of benzene rings is 8. The van der Waals surface area contributed by atoms with E-state index in [1.165, 1.54) is 64.3 Å². The highest BCUT2D eigenvalue weighted by Crippen LogP contribution is 2.43. The summed E-state index contributed by atoms with van der Waals surface area (Å²) < 4.78 is 2.65. The zero-order valence-corrected chi connectivity index (χ0v) is 27.1. The van der Waals surface area contributed by atoms with Crippen molar-refractivity contribution in [3.05, 3.63) is 188 Å². The standard InChI is InChI=1S/C46H31NS/c1-2-12-32(13-3-1)33-26-28-37(29-27-33)47(38-18-8-16-35(30-38)41-22-10-15-34-14-4-5-20-40(34)41)39-19-9-17-36(31-39)42-23-11-24-44-43-21-6-7-25-45(43)48-46(42)44/h1-31H. The highest BCUT2D eigenvalue weighted by Gasteiger charge is 2.17. The number of fused-ring (bicyclic) bond motifs is 4. The Hall–Kier alpha value is -5.96. The normalized spacial score (nSPS) is 11.3. The van der Waals surface area contributed by atoms with Crippen molar-refractivity contribution in [1.29, 1.82) is 0 Å². The molecule has 0 saturated heterocycles. The Bertz CT molecular complexity index is 2560. The molecule has 8 aromatic carbocycles. The van der Waals surface area contributed by atoms with Crippen LogP contribution in [0.3, 0.4) is 0 Å². The Labute approximate surface area is 284 Å². The molecule has 48 heavy (non-hydrogen) atoms. The van der Waals surface area contributed by atoms with Crippen LogP contribution in [-0.2, 0) is 0 Å². The molecule has 0 amide bonds. The SMILES string of the molecule is c1ccc(-c2ccc(N(c3cccc(-c4cccc5ccccc45)c3)c3cccc(-c4cccc5c4sc4ccccc45)c3)cc2)cc1. The van der Waals surface area contributed by atoms with Crippen LogP contribution in [0.25, 0.3) is 64.3 Å². The molecule has 0 spiro atoms. The zero-order chi connectivity index (χ0) is 31.9. The monoisotopic (exact) mass is 629 g/mol. The fraction of sp³-hybridized carbons (Fsp3) is 0. The van der Waals surface area contributed by atoms with Crippen LogP contribution in [0.2, 0.25) is 0 Å². The van der Waals surface area contributed by atoms with Gasteiger partial charge in [-0.25, -0.2) is 0 Å². The van der Waals surface area contributed by atoms with Gasteiger partial charge in [0, 0.05) is 37.2 Å². The number of nitrogens with zero attached hydrogens (tertiary/aromatic N) is 1. The first-order valence-electron chi connectivity index (χ1n) is 16.3. The van der Waals surface area contributed by atoms with E-state index in [1.807, 2.05) is 11.3 Å². The van der Waals surface area contributed by atoms with Crippen molar-refractivity contribution in [2.24, 2.45) is 0 Å². The minimum Gasteiger partial charge on any atom is -0.310 e. The molecule has 0 radical (unpaired) electrons. The molecule has 0 atom stereocenters. The van der Waals surface area contributed by atoms with E-state index in [9.17, 15) is 0 Å². The number of rotatable bonds is 6. The molecule has 0 aliphatic rings. The van der Waals surface area contributed by atoms with Gasteiger partial charge in [-0.05, 0) is 86.6 Å². The average Bonchev–Trinajstić information content (AvgIpc) is 3.55. The maximum Gasteiger partial charge on any atom is 0.0467 e. The van der Waals surface area contributed by atoms with Crippen LogP contribution in [0.4, 0.5) is 17.1 Å². The summed E-state index contributed by atoms with van der Waals surface area (Å²) in [6.45, 7) is 0. The highest BCUT2D eigenvalue weighted by atomic mass is 32.1. The van der Waals surface area contributed by atoms with Crippen molar-refractivity contribution in [1.82, 2.24) is 0 Å². The molecule has 226 valence electrons. The largest absolute Gasteiger partial charge is 0.310 e. The van der Waals surface area contributed by atoms with Crippen molar-refractivity contribution in [3.8, 4) is 33.4 Å². The topological polar surface area (TPSA) is 3.24 Å². The van der Waals surface area contributed by atoms with Crippen molar-refractivity contribution in [3.63, 3.8) is 0 Å². The van der Waals surface area contributed by atoms with Gasteiger partial charge in [0.15, 0.2) is 0 Å². The van der Waals surface area contributed by atoms with Gasteiger partial charge in [-0.15, -0.1) is 11.3 Å². The first-order valence-corrected chi connectivity index (χ1v) is 17.2. The van der Waals surface area contributed by atoms with Gasteiger partial charge >= 0.3 is 0 Å². The van der Waals surface area contributed by atoms with Crippen LogP contribution in [0.5, 0.6) is 0 Å². The average molecular weight is 630 g/mol. The molecule has 1 nitrogen and oxygen atoms in total. The number of hydrogen-bond acceptors (Lipinski definition) is 2. The van der Waals surface area contributed by atoms with Crippen LogP contribution in [0, 0.1) is 0 Å². The second kappa shape index (κ2) is 12.0. The molecule has 0 saturated carbocycles. The van der Waals surface area contributed by atoms with E-state index in [4.69, 9.17) is 0 Å². The Morgan fingerprint density at radius 1 is 0.333 bits per heavy atom. The lowest BCUT2D eigenvalue weighted by atomic mass is 9.97. The van der Waals surface area contributed by atoms with Gasteiger partial charge in [0.05, 0.1) is 0 Å². The minimum absolute atomic E-state index is 1.11. The van der Waals surface area contributed by atoms with Gasteiger partial charge in [0.25, 0.3) is 0 Å². The lowest BCUT2D eigenvalue weighted by molar-refractivity contribution is 1.28. The van der Waals surface area contributed by atoms with E-state index in [-0.39, 0.29) is 0 Å². The van der Waals surface area contributed by atoms with E-state index in [0.717, 1.165) is 17.1 Å². The van der Waals surface area contributed by atoms with Crippen molar-refractivity contribution >= 4 is 59.3 Å². The molecule has 0 unspecified atom stereocenters. The lowest BCUT2D eigenvalue weighted by Crippen LogP contribution is -2.10. The smallest absolute Gasteiger partial charge is 0.0467 e. The summed E-state index contributed by atoms with van der Waals surface area (Å²) in [5, 5.41) is 5.14. The van der Waals surface area contributed by atoms with Crippen molar-refractivity contribution in [2.45, 2.75) is 0 Å². The third-order valence-electron chi connectivity index (χ3n) is 9.26. The van der Waals surface area contributed by atoms with Crippen LogP contribution in [-0.4, -0.2) is 0 Å². The molecule has 1 aromatic heterocycles. The van der Waals surface area contributed by atoms with Gasteiger partial charge in [-0.3, -0.25) is 0 Å². The van der Waals surface area contributed by atoms with E-state index in [2.05, 4.69) is 193 Å². The van der Waals surface area contributed by atoms with Gasteiger partial charge in [-0.1, -0.05) is 146 Å². The van der Waals surface area contributed by atoms with Crippen molar-refractivity contribution in [2.75, 3.05) is 4.90 Å².